The number of carbonyl (C=O) groups excluding carboxylic acids is 1. The van der Waals surface area contributed by atoms with Gasteiger partial charge in [-0.2, -0.15) is 10.2 Å². The molecule has 0 saturated carbocycles. The standard InChI is InChI=1S/C24H30N4O/c29-23(21-7-13-27(14-8-21)18-19-6-12-25-26-17-19)28-15-10-24(11-16-28)9-5-20-3-1-2-4-22(20)24/h1-6,9,12,17,20-22H,7-8,10-11,13-16,18H2. The lowest BCUT2D eigenvalue weighted by atomic mass is 9.67. The van der Waals surface area contributed by atoms with Crippen molar-refractivity contribution in [2.75, 3.05) is 26.2 Å². The SMILES string of the molecule is O=C(C1CCN(Cc2ccnnc2)CC1)N1CCC2(C=CC3C=CC=CC32)CC1. The maximum Gasteiger partial charge on any atom is 0.225 e. The van der Waals surface area contributed by atoms with Crippen LogP contribution in [0.4, 0.5) is 0 Å². The van der Waals surface area contributed by atoms with E-state index in [2.05, 4.69) is 56.5 Å². The van der Waals surface area contributed by atoms with E-state index in [-0.39, 0.29) is 11.3 Å². The second kappa shape index (κ2) is 7.86. The van der Waals surface area contributed by atoms with Crippen LogP contribution in [0.5, 0.6) is 0 Å². The van der Waals surface area contributed by atoms with Crippen LogP contribution in [0.25, 0.3) is 0 Å². The number of likely N-dealkylation sites (tertiary alicyclic amines) is 2. The van der Waals surface area contributed by atoms with Crippen LogP contribution < -0.4 is 0 Å². The molecule has 0 bridgehead atoms. The Hall–Kier alpha value is -2.27. The minimum absolute atomic E-state index is 0.195. The molecule has 2 atom stereocenters. The van der Waals surface area contributed by atoms with E-state index in [1.54, 1.807) is 6.20 Å². The third-order valence-corrected chi connectivity index (χ3v) is 7.49. The molecule has 2 unspecified atom stereocenters. The Labute approximate surface area is 173 Å². The summed E-state index contributed by atoms with van der Waals surface area (Å²) in [5.41, 5.74) is 1.46. The highest BCUT2D eigenvalue weighted by molar-refractivity contribution is 5.79. The predicted molar refractivity (Wildman–Crippen MR) is 113 cm³/mol. The molecule has 1 aromatic heterocycles. The normalized spacial score (nSPS) is 28.8. The van der Waals surface area contributed by atoms with Crippen molar-refractivity contribution in [2.24, 2.45) is 23.2 Å². The van der Waals surface area contributed by atoms with Crippen molar-refractivity contribution in [2.45, 2.75) is 32.2 Å². The first-order valence-corrected chi connectivity index (χ1v) is 11.0. The predicted octanol–water partition coefficient (Wildman–Crippen LogP) is 3.23. The van der Waals surface area contributed by atoms with Gasteiger partial charge >= 0.3 is 0 Å². The fourth-order valence-corrected chi connectivity index (χ4v) is 5.71. The van der Waals surface area contributed by atoms with Gasteiger partial charge in [-0.15, -0.1) is 0 Å². The summed E-state index contributed by atoms with van der Waals surface area (Å²) in [5, 5.41) is 7.80. The van der Waals surface area contributed by atoms with Gasteiger partial charge in [0.1, 0.15) is 0 Å². The number of piperidine rings is 2. The van der Waals surface area contributed by atoms with Gasteiger partial charge in [-0.1, -0.05) is 36.5 Å². The van der Waals surface area contributed by atoms with E-state index >= 15 is 0 Å². The second-order valence-electron chi connectivity index (χ2n) is 9.09. The largest absolute Gasteiger partial charge is 0.342 e. The number of fused-ring (bicyclic) bond motifs is 2. The summed E-state index contributed by atoms with van der Waals surface area (Å²) in [6, 6.07) is 2.02. The Morgan fingerprint density at radius 3 is 2.59 bits per heavy atom. The molecule has 0 N–H and O–H groups in total. The molecule has 152 valence electrons. The molecule has 0 radical (unpaired) electrons. The average molecular weight is 391 g/mol. The summed E-state index contributed by atoms with van der Waals surface area (Å²) in [4.78, 5) is 17.7. The van der Waals surface area contributed by atoms with Crippen LogP contribution in [-0.2, 0) is 11.3 Å². The zero-order valence-corrected chi connectivity index (χ0v) is 17.0. The Kier molecular flexibility index (Phi) is 5.08. The molecule has 5 nitrogen and oxygen atoms in total. The van der Waals surface area contributed by atoms with Gasteiger partial charge in [0, 0.05) is 37.7 Å². The number of allylic oxidation sites excluding steroid dienone is 6. The van der Waals surface area contributed by atoms with Crippen molar-refractivity contribution in [3.8, 4) is 0 Å². The van der Waals surface area contributed by atoms with Crippen molar-refractivity contribution in [3.05, 3.63) is 60.5 Å². The molecular formula is C24H30N4O. The van der Waals surface area contributed by atoms with Gasteiger partial charge in [0.15, 0.2) is 0 Å². The molecule has 1 spiro atoms. The highest BCUT2D eigenvalue weighted by Gasteiger charge is 2.45. The number of hydrogen-bond donors (Lipinski definition) is 0. The van der Waals surface area contributed by atoms with Crippen molar-refractivity contribution in [1.29, 1.82) is 0 Å². The molecule has 3 heterocycles. The minimum Gasteiger partial charge on any atom is -0.342 e. The van der Waals surface area contributed by atoms with Crippen molar-refractivity contribution in [3.63, 3.8) is 0 Å². The van der Waals surface area contributed by atoms with E-state index < -0.39 is 0 Å². The number of carbonyl (C=O) groups is 1. The van der Waals surface area contributed by atoms with E-state index in [1.165, 1.54) is 5.56 Å². The highest BCUT2D eigenvalue weighted by Crippen LogP contribution is 2.50. The second-order valence-corrected chi connectivity index (χ2v) is 9.09. The molecule has 2 aliphatic carbocycles. The van der Waals surface area contributed by atoms with Crippen LogP contribution in [-0.4, -0.2) is 52.1 Å². The van der Waals surface area contributed by atoms with Crippen LogP contribution >= 0.6 is 0 Å². The smallest absolute Gasteiger partial charge is 0.225 e. The van der Waals surface area contributed by atoms with Gasteiger partial charge in [-0.05, 0) is 61.7 Å². The van der Waals surface area contributed by atoms with E-state index in [4.69, 9.17) is 0 Å². The van der Waals surface area contributed by atoms with Crippen molar-refractivity contribution >= 4 is 5.91 Å². The summed E-state index contributed by atoms with van der Waals surface area (Å²) in [6.45, 7) is 4.69. The number of rotatable bonds is 3. The molecule has 0 aromatic carbocycles. The summed E-state index contributed by atoms with van der Waals surface area (Å²) in [5.74, 6) is 1.74. The molecular weight excluding hydrogens is 360 g/mol. The Morgan fingerprint density at radius 1 is 1.03 bits per heavy atom. The number of amides is 1. The maximum absolute atomic E-state index is 13.2. The number of aromatic nitrogens is 2. The molecule has 2 aliphatic heterocycles. The van der Waals surface area contributed by atoms with Gasteiger partial charge in [0.05, 0.1) is 6.20 Å². The maximum atomic E-state index is 13.2. The van der Waals surface area contributed by atoms with Gasteiger partial charge in [0.2, 0.25) is 5.91 Å². The summed E-state index contributed by atoms with van der Waals surface area (Å²) >= 11 is 0. The molecule has 2 saturated heterocycles. The quantitative estimate of drug-likeness (QED) is 0.744. The van der Waals surface area contributed by atoms with E-state index in [0.717, 1.165) is 58.4 Å². The van der Waals surface area contributed by atoms with Crippen LogP contribution in [0, 0.1) is 23.2 Å². The van der Waals surface area contributed by atoms with Gasteiger partial charge in [0.25, 0.3) is 0 Å². The summed E-state index contributed by atoms with van der Waals surface area (Å²) in [6.07, 6.45) is 21.6. The van der Waals surface area contributed by atoms with Crippen LogP contribution in [0.2, 0.25) is 0 Å². The third-order valence-electron chi connectivity index (χ3n) is 7.49. The number of hydrogen-bond acceptors (Lipinski definition) is 4. The Morgan fingerprint density at radius 2 is 1.83 bits per heavy atom. The molecule has 1 aromatic rings. The molecule has 5 rings (SSSR count). The molecule has 4 aliphatic rings. The lowest BCUT2D eigenvalue weighted by Crippen LogP contribution is -2.48. The fourth-order valence-electron chi connectivity index (χ4n) is 5.71. The van der Waals surface area contributed by atoms with Gasteiger partial charge < -0.3 is 4.90 Å². The molecule has 1 amide bonds. The summed E-state index contributed by atoms with van der Waals surface area (Å²) < 4.78 is 0. The average Bonchev–Trinajstić information content (AvgIpc) is 3.13. The van der Waals surface area contributed by atoms with Crippen molar-refractivity contribution in [1.82, 2.24) is 20.0 Å². The summed E-state index contributed by atoms with van der Waals surface area (Å²) in [7, 11) is 0. The molecule has 29 heavy (non-hydrogen) atoms. The first-order chi connectivity index (χ1) is 14.2. The van der Waals surface area contributed by atoms with Crippen LogP contribution in [0.1, 0.15) is 31.2 Å². The zero-order chi connectivity index (χ0) is 19.7. The topological polar surface area (TPSA) is 49.3 Å². The van der Waals surface area contributed by atoms with E-state index in [9.17, 15) is 4.79 Å². The van der Waals surface area contributed by atoms with Crippen molar-refractivity contribution < 1.29 is 4.79 Å². The zero-order valence-electron chi connectivity index (χ0n) is 17.0. The monoisotopic (exact) mass is 390 g/mol. The fraction of sp³-hybridized carbons (Fsp3) is 0.542. The van der Waals surface area contributed by atoms with Gasteiger partial charge in [-0.3, -0.25) is 9.69 Å². The van der Waals surface area contributed by atoms with Crippen LogP contribution in [0.15, 0.2) is 54.9 Å². The lowest BCUT2D eigenvalue weighted by Gasteiger charge is -2.44. The lowest BCUT2D eigenvalue weighted by molar-refractivity contribution is -0.139. The molecule has 2 fully saturated rings. The molecule has 5 heteroatoms. The minimum atomic E-state index is 0.195. The van der Waals surface area contributed by atoms with E-state index in [1.807, 2.05) is 12.3 Å². The highest BCUT2D eigenvalue weighted by atomic mass is 16.2. The first kappa shape index (κ1) is 18.7. The van der Waals surface area contributed by atoms with E-state index in [0.29, 0.717) is 17.7 Å². The third kappa shape index (κ3) is 3.68. The Balaban J connectivity index is 1.13. The van der Waals surface area contributed by atoms with Gasteiger partial charge in [-0.25, -0.2) is 0 Å². The first-order valence-electron chi connectivity index (χ1n) is 11.0. The van der Waals surface area contributed by atoms with Crippen LogP contribution in [0.3, 0.4) is 0 Å². The number of nitrogens with zero attached hydrogens (tertiary/aromatic N) is 4. The Bertz CT molecular complexity index is 815.